The first-order valence-corrected chi connectivity index (χ1v) is 5.20. The Hall–Kier alpha value is -0.540. The van der Waals surface area contributed by atoms with Gasteiger partial charge in [0, 0.05) is 22.5 Å². The van der Waals surface area contributed by atoms with Crippen LogP contribution in [-0.4, -0.2) is 13.7 Å². The Labute approximate surface area is 86.4 Å². The molecular weight excluding hydrogens is 230 g/mol. The Bertz CT molecular complexity index is 314. The van der Waals surface area contributed by atoms with Gasteiger partial charge in [-0.1, -0.05) is 15.9 Å². The Morgan fingerprint density at radius 3 is 3.15 bits per heavy atom. The average molecular weight is 242 g/mol. The van der Waals surface area contributed by atoms with Crippen molar-refractivity contribution in [2.75, 3.05) is 13.7 Å². The zero-order valence-electron chi connectivity index (χ0n) is 7.51. The third kappa shape index (κ3) is 1.71. The molecule has 1 aliphatic rings. The van der Waals surface area contributed by atoms with Crippen LogP contribution in [0.15, 0.2) is 22.7 Å². The minimum atomic E-state index is 0.432. The second-order valence-corrected chi connectivity index (χ2v) is 4.08. The molecule has 70 valence electrons. The van der Waals surface area contributed by atoms with Crippen molar-refractivity contribution < 1.29 is 4.74 Å². The first kappa shape index (κ1) is 9.03. The van der Waals surface area contributed by atoms with Gasteiger partial charge in [0.2, 0.25) is 0 Å². The fourth-order valence-corrected chi connectivity index (χ4v) is 2.04. The number of rotatable bonds is 1. The Balaban J connectivity index is 2.41. The summed E-state index contributed by atoms with van der Waals surface area (Å²) < 4.78 is 6.66. The van der Waals surface area contributed by atoms with Gasteiger partial charge in [-0.3, -0.25) is 0 Å². The molecule has 2 rings (SSSR count). The molecule has 0 bridgehead atoms. The zero-order valence-corrected chi connectivity index (χ0v) is 9.10. The largest absolute Gasteiger partial charge is 0.493 e. The predicted molar refractivity (Wildman–Crippen MR) is 56.1 cm³/mol. The molecule has 0 radical (unpaired) electrons. The van der Waals surface area contributed by atoms with Gasteiger partial charge in [-0.15, -0.1) is 0 Å². The highest BCUT2D eigenvalue weighted by molar-refractivity contribution is 9.10. The van der Waals surface area contributed by atoms with Crippen LogP contribution in [-0.2, 0) is 0 Å². The Morgan fingerprint density at radius 1 is 1.54 bits per heavy atom. The minimum Gasteiger partial charge on any atom is -0.493 e. The van der Waals surface area contributed by atoms with Gasteiger partial charge in [0.15, 0.2) is 0 Å². The van der Waals surface area contributed by atoms with E-state index in [0.717, 1.165) is 23.2 Å². The fourth-order valence-electron chi connectivity index (χ4n) is 1.67. The topological polar surface area (TPSA) is 21.3 Å². The molecule has 3 heteroatoms. The van der Waals surface area contributed by atoms with Crippen LogP contribution >= 0.6 is 15.9 Å². The molecular formula is C10H12BrNO. The van der Waals surface area contributed by atoms with Crippen molar-refractivity contribution in [1.29, 1.82) is 0 Å². The van der Waals surface area contributed by atoms with E-state index in [9.17, 15) is 0 Å². The summed E-state index contributed by atoms with van der Waals surface area (Å²) in [6, 6.07) is 6.58. The van der Waals surface area contributed by atoms with E-state index in [0.29, 0.717) is 6.04 Å². The highest BCUT2D eigenvalue weighted by atomic mass is 79.9. The molecule has 1 N–H and O–H groups in total. The molecule has 1 unspecified atom stereocenters. The molecule has 2 nitrogen and oxygen atoms in total. The van der Waals surface area contributed by atoms with Crippen LogP contribution in [0.4, 0.5) is 0 Å². The summed E-state index contributed by atoms with van der Waals surface area (Å²) in [7, 11) is 1.99. The molecule has 0 saturated heterocycles. The molecule has 0 aromatic heterocycles. The average Bonchev–Trinajstić information content (AvgIpc) is 2.17. The van der Waals surface area contributed by atoms with Crippen LogP contribution in [0.5, 0.6) is 5.75 Å². The summed E-state index contributed by atoms with van der Waals surface area (Å²) in [5, 5.41) is 3.29. The maximum absolute atomic E-state index is 5.55. The van der Waals surface area contributed by atoms with Gasteiger partial charge in [0.1, 0.15) is 5.75 Å². The molecule has 1 aromatic carbocycles. The zero-order chi connectivity index (χ0) is 9.26. The first-order chi connectivity index (χ1) is 6.31. The van der Waals surface area contributed by atoms with Crippen molar-refractivity contribution in [2.45, 2.75) is 12.5 Å². The van der Waals surface area contributed by atoms with Crippen molar-refractivity contribution in [3.05, 3.63) is 28.2 Å². The summed E-state index contributed by atoms with van der Waals surface area (Å²) in [5.74, 6) is 1.01. The maximum Gasteiger partial charge on any atom is 0.124 e. The molecule has 1 aromatic rings. The lowest BCUT2D eigenvalue weighted by molar-refractivity contribution is 0.257. The molecule has 0 fully saturated rings. The predicted octanol–water partition coefficient (Wildman–Crippen LogP) is 2.49. The van der Waals surface area contributed by atoms with E-state index in [1.807, 2.05) is 19.2 Å². The lowest BCUT2D eigenvalue weighted by Gasteiger charge is -2.25. The SMILES string of the molecule is CNC1CCOc2ccc(Br)cc21. The standard InChI is InChI=1S/C10H12BrNO/c1-12-9-4-5-13-10-3-2-7(11)6-8(9)10/h2-3,6,9,12H,4-5H2,1H3. The monoisotopic (exact) mass is 241 g/mol. The summed E-state index contributed by atoms with van der Waals surface area (Å²) in [6.45, 7) is 0.806. The number of fused-ring (bicyclic) bond motifs is 1. The van der Waals surface area contributed by atoms with Crippen LogP contribution in [0, 0.1) is 0 Å². The van der Waals surface area contributed by atoms with Gasteiger partial charge in [0.25, 0.3) is 0 Å². The van der Waals surface area contributed by atoms with E-state index >= 15 is 0 Å². The lowest BCUT2D eigenvalue weighted by Crippen LogP contribution is -2.23. The van der Waals surface area contributed by atoms with Crippen LogP contribution in [0.3, 0.4) is 0 Å². The molecule has 0 saturated carbocycles. The van der Waals surface area contributed by atoms with Gasteiger partial charge in [-0.05, 0) is 25.2 Å². The normalized spacial score (nSPS) is 20.6. The molecule has 0 aliphatic carbocycles. The van der Waals surface area contributed by atoms with Crippen molar-refractivity contribution >= 4 is 15.9 Å². The summed E-state index contributed by atoms with van der Waals surface area (Å²) >= 11 is 3.46. The van der Waals surface area contributed by atoms with E-state index in [1.54, 1.807) is 0 Å². The summed E-state index contributed by atoms with van der Waals surface area (Å²) in [4.78, 5) is 0. The number of hydrogen-bond donors (Lipinski definition) is 1. The highest BCUT2D eigenvalue weighted by Gasteiger charge is 2.19. The van der Waals surface area contributed by atoms with Gasteiger partial charge in [0.05, 0.1) is 6.61 Å². The smallest absolute Gasteiger partial charge is 0.124 e. The minimum absolute atomic E-state index is 0.432. The second kappa shape index (κ2) is 3.68. The molecule has 1 heterocycles. The van der Waals surface area contributed by atoms with Crippen LogP contribution in [0.25, 0.3) is 0 Å². The number of hydrogen-bond acceptors (Lipinski definition) is 2. The van der Waals surface area contributed by atoms with E-state index in [1.165, 1.54) is 5.56 Å². The second-order valence-electron chi connectivity index (χ2n) is 3.16. The van der Waals surface area contributed by atoms with Crippen molar-refractivity contribution in [3.8, 4) is 5.75 Å². The first-order valence-electron chi connectivity index (χ1n) is 4.41. The van der Waals surface area contributed by atoms with E-state index < -0.39 is 0 Å². The van der Waals surface area contributed by atoms with Gasteiger partial charge < -0.3 is 10.1 Å². The maximum atomic E-state index is 5.55. The summed E-state index contributed by atoms with van der Waals surface area (Å²) in [6.07, 6.45) is 1.04. The van der Waals surface area contributed by atoms with Crippen molar-refractivity contribution in [1.82, 2.24) is 5.32 Å². The molecule has 1 aliphatic heterocycles. The molecule has 0 amide bonds. The fraction of sp³-hybridized carbons (Fsp3) is 0.400. The third-order valence-electron chi connectivity index (χ3n) is 2.36. The molecule has 1 atom stereocenters. The van der Waals surface area contributed by atoms with Gasteiger partial charge >= 0.3 is 0 Å². The van der Waals surface area contributed by atoms with Crippen LogP contribution in [0.1, 0.15) is 18.0 Å². The molecule has 13 heavy (non-hydrogen) atoms. The molecule has 0 spiro atoms. The van der Waals surface area contributed by atoms with Crippen molar-refractivity contribution in [3.63, 3.8) is 0 Å². The van der Waals surface area contributed by atoms with Gasteiger partial charge in [-0.2, -0.15) is 0 Å². The highest BCUT2D eigenvalue weighted by Crippen LogP contribution is 2.33. The number of benzene rings is 1. The van der Waals surface area contributed by atoms with E-state index in [-0.39, 0.29) is 0 Å². The third-order valence-corrected chi connectivity index (χ3v) is 2.85. The van der Waals surface area contributed by atoms with E-state index in [4.69, 9.17) is 4.74 Å². The van der Waals surface area contributed by atoms with E-state index in [2.05, 4.69) is 27.3 Å². The number of halogens is 1. The van der Waals surface area contributed by atoms with Crippen LogP contribution < -0.4 is 10.1 Å². The number of nitrogens with one attached hydrogen (secondary N) is 1. The Morgan fingerprint density at radius 2 is 2.38 bits per heavy atom. The summed E-state index contributed by atoms with van der Waals surface area (Å²) in [5.41, 5.74) is 1.25. The van der Waals surface area contributed by atoms with Crippen molar-refractivity contribution in [2.24, 2.45) is 0 Å². The lowest BCUT2D eigenvalue weighted by atomic mass is 10.0. The van der Waals surface area contributed by atoms with Crippen LogP contribution in [0.2, 0.25) is 0 Å². The Kier molecular flexibility index (Phi) is 2.56. The number of ether oxygens (including phenoxy) is 1. The quantitative estimate of drug-likeness (QED) is 0.816. The van der Waals surface area contributed by atoms with Gasteiger partial charge in [-0.25, -0.2) is 0 Å².